The fourth-order valence-corrected chi connectivity index (χ4v) is 5.91. The van der Waals surface area contributed by atoms with Crippen molar-refractivity contribution in [1.82, 2.24) is 29.9 Å². The molecule has 4 aromatic rings. The summed E-state index contributed by atoms with van der Waals surface area (Å²) in [6.07, 6.45) is 5.46. The lowest BCUT2D eigenvalue weighted by Gasteiger charge is -2.45. The minimum absolute atomic E-state index is 0.0974. The number of nitrogens with zero attached hydrogens (tertiary/aromatic N) is 7. The van der Waals surface area contributed by atoms with E-state index in [0.29, 0.717) is 29.2 Å². The molecule has 0 bridgehead atoms. The molecule has 7 rings (SSSR count). The zero-order valence-corrected chi connectivity index (χ0v) is 21.1. The summed E-state index contributed by atoms with van der Waals surface area (Å²) in [6.45, 7) is 4.07. The summed E-state index contributed by atoms with van der Waals surface area (Å²) >= 11 is 0. The molecule has 1 aliphatic carbocycles. The second-order valence-electron chi connectivity index (χ2n) is 10.4. The van der Waals surface area contributed by atoms with Crippen molar-refractivity contribution in [2.75, 3.05) is 42.1 Å². The van der Waals surface area contributed by atoms with Gasteiger partial charge in [0.05, 0.1) is 11.4 Å². The first-order valence-electron chi connectivity index (χ1n) is 13.4. The van der Waals surface area contributed by atoms with E-state index in [4.69, 9.17) is 5.73 Å². The molecule has 9 nitrogen and oxygen atoms in total. The molecule has 4 heterocycles. The number of fused-ring (bicyclic) bond motifs is 3. The molecule has 0 amide bonds. The van der Waals surface area contributed by atoms with Crippen LogP contribution in [0.3, 0.4) is 0 Å². The van der Waals surface area contributed by atoms with Gasteiger partial charge in [-0.25, -0.2) is 4.39 Å². The van der Waals surface area contributed by atoms with Crippen LogP contribution in [0.25, 0.3) is 17.1 Å². The van der Waals surface area contributed by atoms with Gasteiger partial charge in [0.15, 0.2) is 5.82 Å². The smallest absolute Gasteiger partial charge is 0.241 e. The average Bonchev–Trinajstić information content (AvgIpc) is 3.50. The number of hydrogen-bond donors (Lipinski definition) is 2. The van der Waals surface area contributed by atoms with Gasteiger partial charge in [-0.05, 0) is 80.6 Å². The van der Waals surface area contributed by atoms with Gasteiger partial charge in [-0.3, -0.25) is 4.90 Å². The highest BCUT2D eigenvalue weighted by Gasteiger charge is 2.34. The third kappa shape index (κ3) is 4.14. The van der Waals surface area contributed by atoms with Crippen LogP contribution >= 0.6 is 0 Å². The van der Waals surface area contributed by atoms with Crippen LogP contribution in [-0.2, 0) is 12.8 Å². The first-order chi connectivity index (χ1) is 18.6. The van der Waals surface area contributed by atoms with Gasteiger partial charge in [0.1, 0.15) is 5.82 Å². The van der Waals surface area contributed by atoms with E-state index in [2.05, 4.69) is 53.6 Å². The van der Waals surface area contributed by atoms with Gasteiger partial charge in [0.2, 0.25) is 11.9 Å². The first kappa shape index (κ1) is 23.1. The molecule has 3 N–H and O–H groups in total. The number of nitrogen functional groups attached to an aromatic ring is 1. The Bertz CT molecular complexity index is 1490. The first-order valence-corrected chi connectivity index (χ1v) is 13.4. The topological polar surface area (TPSA) is 101 Å². The standard InChI is InChI=1S/C28H30FN9/c29-23-15-20(10-11-24(23)37-16-21(17-37)36-12-3-4-13-36)31-28-32-27(30)35-38(28)25-14-19-8-5-7-18-6-1-2-9-22(18)26(19)34-33-25/h1-2,6,9-11,14-15,21H,3-5,7-8,12-13,16-17H2,(H3,30,31,32,35). The fraction of sp³-hybridized carbons (Fsp3) is 0.357. The predicted octanol–water partition coefficient (Wildman–Crippen LogP) is 3.96. The molecular weight excluding hydrogens is 481 g/mol. The van der Waals surface area contributed by atoms with Gasteiger partial charge in [-0.15, -0.1) is 15.3 Å². The van der Waals surface area contributed by atoms with Crippen LogP contribution in [0, 0.1) is 5.82 Å². The number of rotatable bonds is 5. The summed E-state index contributed by atoms with van der Waals surface area (Å²) in [5, 5.41) is 16.5. The Morgan fingerprint density at radius 2 is 1.74 bits per heavy atom. The highest BCUT2D eigenvalue weighted by molar-refractivity contribution is 5.68. The maximum Gasteiger partial charge on any atom is 0.241 e. The summed E-state index contributed by atoms with van der Waals surface area (Å²) in [5.41, 5.74) is 11.6. The number of anilines is 4. The molecule has 0 atom stereocenters. The van der Waals surface area contributed by atoms with Crippen molar-refractivity contribution in [2.24, 2.45) is 0 Å². The summed E-state index contributed by atoms with van der Waals surface area (Å²) in [4.78, 5) is 8.95. The van der Waals surface area contributed by atoms with Crippen LogP contribution in [0.15, 0.2) is 48.5 Å². The zero-order valence-electron chi connectivity index (χ0n) is 21.1. The Morgan fingerprint density at radius 3 is 2.58 bits per heavy atom. The number of benzene rings is 2. The third-order valence-electron chi connectivity index (χ3n) is 7.93. The summed E-state index contributed by atoms with van der Waals surface area (Å²) in [7, 11) is 0. The molecule has 10 heteroatoms. The second-order valence-corrected chi connectivity index (χ2v) is 10.4. The number of aryl methyl sites for hydroxylation is 2. The average molecular weight is 512 g/mol. The number of halogens is 1. The molecule has 0 radical (unpaired) electrons. The van der Waals surface area contributed by atoms with Crippen LogP contribution in [0.1, 0.15) is 30.4 Å². The number of aromatic nitrogens is 5. The lowest BCUT2D eigenvalue weighted by atomic mass is 10.0. The van der Waals surface area contributed by atoms with Crippen molar-refractivity contribution in [3.63, 3.8) is 0 Å². The molecule has 194 valence electrons. The molecular formula is C28H30FN9. The summed E-state index contributed by atoms with van der Waals surface area (Å²) < 4.78 is 16.6. The number of likely N-dealkylation sites (tertiary alicyclic amines) is 1. The van der Waals surface area contributed by atoms with Crippen molar-refractivity contribution in [3.05, 3.63) is 65.5 Å². The van der Waals surface area contributed by atoms with Crippen molar-refractivity contribution in [1.29, 1.82) is 0 Å². The Balaban J connectivity index is 1.12. The molecule has 3 aliphatic rings. The van der Waals surface area contributed by atoms with Crippen LogP contribution in [0.2, 0.25) is 0 Å². The zero-order chi connectivity index (χ0) is 25.6. The van der Waals surface area contributed by atoms with Gasteiger partial charge in [0.25, 0.3) is 0 Å². The van der Waals surface area contributed by atoms with Crippen LogP contribution in [-0.4, -0.2) is 62.1 Å². The Kier molecular flexibility index (Phi) is 5.69. The maximum atomic E-state index is 15.1. The minimum Gasteiger partial charge on any atom is -0.366 e. The molecule has 0 saturated carbocycles. The largest absolute Gasteiger partial charge is 0.366 e. The lowest BCUT2D eigenvalue weighted by molar-refractivity contribution is 0.204. The number of nitrogens with two attached hydrogens (primary N) is 1. The van der Waals surface area contributed by atoms with E-state index >= 15 is 4.39 Å². The van der Waals surface area contributed by atoms with E-state index in [0.717, 1.165) is 62.3 Å². The monoisotopic (exact) mass is 511 g/mol. The van der Waals surface area contributed by atoms with Crippen molar-refractivity contribution in [2.45, 2.75) is 38.1 Å². The third-order valence-corrected chi connectivity index (χ3v) is 7.93. The van der Waals surface area contributed by atoms with E-state index in [1.54, 1.807) is 0 Å². The summed E-state index contributed by atoms with van der Waals surface area (Å²) in [5.74, 6) is 0.703. The van der Waals surface area contributed by atoms with E-state index in [1.807, 2.05) is 24.3 Å². The van der Waals surface area contributed by atoms with Crippen LogP contribution in [0.4, 0.5) is 27.7 Å². The van der Waals surface area contributed by atoms with E-state index in [9.17, 15) is 0 Å². The molecule has 38 heavy (non-hydrogen) atoms. The predicted molar refractivity (Wildman–Crippen MR) is 145 cm³/mol. The maximum absolute atomic E-state index is 15.1. The minimum atomic E-state index is -0.266. The van der Waals surface area contributed by atoms with Gasteiger partial charge >= 0.3 is 0 Å². The Morgan fingerprint density at radius 1 is 0.921 bits per heavy atom. The highest BCUT2D eigenvalue weighted by Crippen LogP contribution is 2.33. The Hall–Kier alpha value is -4.05. The molecule has 0 unspecified atom stereocenters. The van der Waals surface area contributed by atoms with Crippen molar-refractivity contribution in [3.8, 4) is 17.1 Å². The number of hydrogen-bond acceptors (Lipinski definition) is 8. The van der Waals surface area contributed by atoms with E-state index in [1.165, 1.54) is 29.2 Å². The van der Waals surface area contributed by atoms with Gasteiger partial charge < -0.3 is 16.0 Å². The van der Waals surface area contributed by atoms with E-state index < -0.39 is 0 Å². The van der Waals surface area contributed by atoms with Gasteiger partial charge in [-0.2, -0.15) is 9.67 Å². The van der Waals surface area contributed by atoms with Crippen LogP contribution < -0.4 is 16.0 Å². The highest BCUT2D eigenvalue weighted by atomic mass is 19.1. The molecule has 2 aromatic heterocycles. The second kappa shape index (κ2) is 9.36. The van der Waals surface area contributed by atoms with Crippen molar-refractivity contribution >= 4 is 23.3 Å². The molecule has 2 aliphatic heterocycles. The molecule has 2 aromatic carbocycles. The molecule has 2 saturated heterocycles. The quantitative estimate of drug-likeness (QED) is 0.415. The van der Waals surface area contributed by atoms with E-state index in [-0.39, 0.29) is 11.8 Å². The molecule has 0 spiro atoms. The summed E-state index contributed by atoms with van der Waals surface area (Å²) in [6, 6.07) is 16.0. The lowest BCUT2D eigenvalue weighted by Crippen LogP contribution is -2.59. The fourth-order valence-electron chi connectivity index (χ4n) is 5.91. The molecule has 2 fully saturated rings. The SMILES string of the molecule is Nc1nc(Nc2ccc(N3CC(N4CCCC4)C3)c(F)c2)n(-c2cc3c(nn2)-c2ccccc2CCC3)n1. The van der Waals surface area contributed by atoms with Gasteiger partial charge in [-0.1, -0.05) is 24.3 Å². The van der Waals surface area contributed by atoms with Crippen LogP contribution in [0.5, 0.6) is 0 Å². The van der Waals surface area contributed by atoms with Gasteiger partial charge in [0, 0.05) is 30.4 Å². The van der Waals surface area contributed by atoms with Crippen molar-refractivity contribution < 1.29 is 4.39 Å². The Labute approximate surface area is 220 Å². The normalized spacial score (nSPS) is 17.6. The number of nitrogens with one attached hydrogen (secondary N) is 1.